The molecular weight excluding hydrogens is 671 g/mol. The highest BCUT2D eigenvalue weighted by Gasteiger charge is 2.33. The summed E-state index contributed by atoms with van der Waals surface area (Å²) < 4.78 is 2.23. The van der Waals surface area contributed by atoms with Gasteiger partial charge in [0, 0.05) is 24.5 Å². The Morgan fingerprint density at radius 1 is 0.898 bits per heavy atom. The van der Waals surface area contributed by atoms with E-state index >= 15 is 0 Å². The molecule has 10 heteroatoms. The highest BCUT2D eigenvalue weighted by atomic mass is 32.2. The molecule has 3 aromatic carbocycles. The number of carboxylic acids is 1. The van der Waals surface area contributed by atoms with Crippen LogP contribution in [-0.2, 0) is 29.0 Å². The number of carbonyl (C=O) groups is 2. The van der Waals surface area contributed by atoms with Crippen LogP contribution in [-0.4, -0.2) is 43.9 Å². The molecule has 0 aliphatic carbocycles. The lowest BCUT2D eigenvalue weighted by Crippen LogP contribution is -2.35. The fraction of sp³-hybridized carbons (Fsp3) is 0.282. The average molecular weight is 710 g/mol. The van der Waals surface area contributed by atoms with Crippen LogP contribution in [0.15, 0.2) is 77.6 Å². The van der Waals surface area contributed by atoms with Gasteiger partial charge in [0.2, 0.25) is 0 Å². The number of benzene rings is 3. The minimum atomic E-state index is -1.16. The number of aryl methyl sites for hydroxylation is 2. The lowest BCUT2D eigenvalue weighted by molar-refractivity contribution is -0.137. The third-order valence-corrected chi connectivity index (χ3v) is 11.5. The Kier molecular flexibility index (Phi) is 11.0. The molecule has 0 atom stereocenters. The van der Waals surface area contributed by atoms with Gasteiger partial charge in [0.15, 0.2) is 0 Å². The zero-order valence-electron chi connectivity index (χ0n) is 27.7. The number of hydrogen-bond acceptors (Lipinski definition) is 7. The van der Waals surface area contributed by atoms with Crippen molar-refractivity contribution in [2.45, 2.75) is 58.9 Å². The molecule has 7 nitrogen and oxygen atoms in total. The van der Waals surface area contributed by atoms with E-state index in [4.69, 9.17) is 12.2 Å². The first-order valence-corrected chi connectivity index (χ1v) is 18.8. The highest BCUT2D eigenvalue weighted by Crippen LogP contribution is 2.37. The number of unbranched alkanes of at least 4 members (excludes halogenated alkanes) is 3. The zero-order valence-corrected chi connectivity index (χ0v) is 30.1. The van der Waals surface area contributed by atoms with E-state index in [1.807, 2.05) is 43.3 Å². The normalized spacial score (nSPS) is 16.2. The molecular formula is C39H39N3O4S3. The second-order valence-corrected chi connectivity index (χ2v) is 14.8. The molecule has 1 fully saturated rings. The van der Waals surface area contributed by atoms with Gasteiger partial charge in [-0.2, -0.15) is 0 Å². The topological polar surface area (TPSA) is 82.8 Å². The van der Waals surface area contributed by atoms with Crippen LogP contribution in [0, 0.1) is 0 Å². The molecule has 252 valence electrons. The summed E-state index contributed by atoms with van der Waals surface area (Å²) in [4.78, 5) is 43.1. The van der Waals surface area contributed by atoms with Crippen molar-refractivity contribution >= 4 is 85.5 Å². The quantitative estimate of drug-likeness (QED) is 0.104. The van der Waals surface area contributed by atoms with E-state index in [0.29, 0.717) is 20.1 Å². The van der Waals surface area contributed by atoms with Crippen molar-refractivity contribution in [2.24, 2.45) is 0 Å². The van der Waals surface area contributed by atoms with Crippen LogP contribution in [0.3, 0.4) is 0 Å². The summed E-state index contributed by atoms with van der Waals surface area (Å²) in [6.07, 6.45) is 10.5. The van der Waals surface area contributed by atoms with Crippen molar-refractivity contribution < 1.29 is 14.7 Å². The number of thiazole rings is 1. The van der Waals surface area contributed by atoms with Gasteiger partial charge in [-0.1, -0.05) is 105 Å². The van der Waals surface area contributed by atoms with Crippen LogP contribution in [0.2, 0.25) is 0 Å². The Bertz CT molecular complexity index is 2120. The molecule has 0 radical (unpaired) electrons. The van der Waals surface area contributed by atoms with Crippen LogP contribution < -0.4 is 19.7 Å². The molecule has 6 rings (SSSR count). The minimum Gasteiger partial charge on any atom is -0.480 e. The second kappa shape index (κ2) is 15.5. The third kappa shape index (κ3) is 7.51. The van der Waals surface area contributed by atoms with Crippen molar-refractivity contribution in [1.29, 1.82) is 0 Å². The second-order valence-electron chi connectivity index (χ2n) is 12.1. The SMILES string of the molecule is CCCCCCN1c2ccccc2CCc2cc(/C=C(/C=c3/s/c(=C4/SC(=S)N(CC)C4=O)n(CC(=O)O)c3=O)c3ccccc3)ccc21. The van der Waals surface area contributed by atoms with Crippen molar-refractivity contribution in [3.63, 3.8) is 0 Å². The van der Waals surface area contributed by atoms with Crippen LogP contribution in [0.25, 0.3) is 22.6 Å². The van der Waals surface area contributed by atoms with Gasteiger partial charge in [-0.25, -0.2) is 0 Å². The summed E-state index contributed by atoms with van der Waals surface area (Å²) >= 11 is 7.64. The number of rotatable bonds is 11. The van der Waals surface area contributed by atoms with Crippen LogP contribution in [0.5, 0.6) is 0 Å². The van der Waals surface area contributed by atoms with Crippen LogP contribution >= 0.6 is 35.3 Å². The van der Waals surface area contributed by atoms with Gasteiger partial charge < -0.3 is 10.0 Å². The van der Waals surface area contributed by atoms with E-state index in [1.54, 1.807) is 0 Å². The molecule has 0 spiro atoms. The molecule has 1 N–H and O–H groups in total. The number of carbonyl (C=O) groups excluding carboxylic acids is 1. The molecule has 0 saturated carbocycles. The number of allylic oxidation sites excluding steroid dienone is 1. The molecule has 4 aromatic rings. The maximum atomic E-state index is 13.8. The molecule has 1 saturated heterocycles. The third-order valence-electron chi connectivity index (χ3n) is 8.85. The van der Waals surface area contributed by atoms with Crippen molar-refractivity contribution in [2.75, 3.05) is 18.0 Å². The van der Waals surface area contributed by atoms with Crippen molar-refractivity contribution in [3.8, 4) is 0 Å². The fourth-order valence-electron chi connectivity index (χ4n) is 6.41. The summed E-state index contributed by atoms with van der Waals surface area (Å²) in [5.41, 5.74) is 7.43. The highest BCUT2D eigenvalue weighted by molar-refractivity contribution is 8.30. The number of para-hydroxylation sites is 1. The predicted molar refractivity (Wildman–Crippen MR) is 207 cm³/mol. The van der Waals surface area contributed by atoms with Gasteiger partial charge in [-0.05, 0) is 84.4 Å². The Labute approximate surface area is 299 Å². The van der Waals surface area contributed by atoms with Crippen molar-refractivity contribution in [3.05, 3.63) is 115 Å². The number of aromatic nitrogens is 1. The Morgan fingerprint density at radius 3 is 2.37 bits per heavy atom. The largest absolute Gasteiger partial charge is 0.480 e. The van der Waals surface area contributed by atoms with Crippen LogP contribution in [0.1, 0.15) is 61.8 Å². The number of thiocarbonyl (C=S) groups is 1. The number of carboxylic acid groups (broad SMARTS) is 1. The minimum absolute atomic E-state index is 0.283. The maximum Gasteiger partial charge on any atom is 0.323 e. The first kappa shape index (κ1) is 34.6. The predicted octanol–water partition coefficient (Wildman–Crippen LogP) is 6.82. The first-order valence-electron chi connectivity index (χ1n) is 16.8. The van der Waals surface area contributed by atoms with E-state index in [9.17, 15) is 19.5 Å². The first-order chi connectivity index (χ1) is 23.8. The summed E-state index contributed by atoms with van der Waals surface area (Å²) in [6.45, 7) is 4.87. The van der Waals surface area contributed by atoms with Crippen LogP contribution in [0.4, 0.5) is 11.4 Å². The number of thioether (sulfide) groups is 1. The van der Waals surface area contributed by atoms with Gasteiger partial charge in [-0.3, -0.25) is 23.9 Å². The summed E-state index contributed by atoms with van der Waals surface area (Å²) in [5.74, 6) is -1.47. The molecule has 49 heavy (non-hydrogen) atoms. The Morgan fingerprint density at radius 2 is 1.63 bits per heavy atom. The number of hydrogen-bond donors (Lipinski definition) is 1. The van der Waals surface area contributed by atoms with E-state index in [2.05, 4.69) is 60.4 Å². The fourth-order valence-corrected chi connectivity index (χ4v) is 9.04. The van der Waals surface area contributed by atoms with Gasteiger partial charge in [-0.15, -0.1) is 11.3 Å². The average Bonchev–Trinajstić information content (AvgIpc) is 3.49. The Balaban J connectivity index is 1.47. The summed E-state index contributed by atoms with van der Waals surface area (Å²) in [5, 5.41) is 9.69. The molecule has 0 bridgehead atoms. The van der Waals surface area contributed by atoms with Gasteiger partial charge in [0.25, 0.3) is 11.5 Å². The maximum absolute atomic E-state index is 13.8. The zero-order chi connectivity index (χ0) is 34.5. The molecule has 3 heterocycles. The summed E-state index contributed by atoms with van der Waals surface area (Å²) in [7, 11) is 0. The molecule has 0 unspecified atom stereocenters. The van der Waals surface area contributed by atoms with Gasteiger partial charge in [0.05, 0.1) is 4.53 Å². The van der Waals surface area contributed by atoms with E-state index in [0.717, 1.165) is 65.6 Å². The lowest BCUT2D eigenvalue weighted by atomic mass is 9.99. The number of aliphatic carboxylic acids is 1. The standard InChI is InChI=1S/C39H39N3O4S3/c1-3-5-6-12-21-41-31-16-11-10-15-28(31)18-19-29-22-26(17-20-32(29)41)23-30(27-13-8-7-9-14-27)24-33-36(45)42(25-34(43)44)38(48-33)35-37(46)40(4-2)39(47)49-35/h7-11,13-17,20,22-24H,3-6,12,18-19,21,25H2,1-2H3,(H,43,44)/b30-23-,33-24+,38-35+. The van der Waals surface area contributed by atoms with Crippen molar-refractivity contribution in [1.82, 2.24) is 9.47 Å². The number of fused-ring (bicyclic) bond motifs is 2. The van der Waals surface area contributed by atoms with E-state index in [1.165, 1.54) is 51.2 Å². The Hall–Kier alpha value is -4.25. The van der Waals surface area contributed by atoms with E-state index in [-0.39, 0.29) is 10.8 Å². The number of amides is 1. The molecule has 2 aliphatic heterocycles. The van der Waals surface area contributed by atoms with Gasteiger partial charge in [0.1, 0.15) is 20.4 Å². The number of anilines is 2. The molecule has 1 amide bonds. The van der Waals surface area contributed by atoms with E-state index < -0.39 is 18.1 Å². The monoisotopic (exact) mass is 709 g/mol. The molecule has 2 aliphatic rings. The molecule has 1 aromatic heterocycles. The number of nitrogens with zero attached hydrogens (tertiary/aromatic N) is 3. The lowest BCUT2D eigenvalue weighted by Gasteiger charge is -2.27. The smallest absolute Gasteiger partial charge is 0.323 e. The van der Waals surface area contributed by atoms with Gasteiger partial charge >= 0.3 is 5.97 Å². The summed E-state index contributed by atoms with van der Waals surface area (Å²) in [6, 6.07) is 25.2.